The standard InChI is InChI=1S/C8H7ClN2O/c9-4-1-2-5(10)8-7(4)6(12)3-11-8/h1-3,11-12H,10H2. The highest BCUT2D eigenvalue weighted by atomic mass is 35.5. The van der Waals surface area contributed by atoms with E-state index in [1.165, 1.54) is 6.20 Å². The Morgan fingerprint density at radius 3 is 2.83 bits per heavy atom. The number of benzene rings is 1. The van der Waals surface area contributed by atoms with Crippen LogP contribution in [0.1, 0.15) is 0 Å². The normalized spacial score (nSPS) is 10.8. The summed E-state index contributed by atoms with van der Waals surface area (Å²) in [6.07, 6.45) is 1.47. The Balaban J connectivity index is 2.98. The van der Waals surface area contributed by atoms with Gasteiger partial charge in [0.05, 0.1) is 21.6 Å². The van der Waals surface area contributed by atoms with E-state index in [2.05, 4.69) is 4.98 Å². The highest BCUT2D eigenvalue weighted by Crippen LogP contribution is 2.33. The van der Waals surface area contributed by atoms with Crippen LogP contribution in [0.4, 0.5) is 5.69 Å². The lowest BCUT2D eigenvalue weighted by atomic mass is 10.2. The fraction of sp³-hybridized carbons (Fsp3) is 0. The van der Waals surface area contributed by atoms with Gasteiger partial charge in [0.1, 0.15) is 5.75 Å². The van der Waals surface area contributed by atoms with Crippen molar-refractivity contribution in [3.8, 4) is 5.75 Å². The molecule has 0 unspecified atom stereocenters. The van der Waals surface area contributed by atoms with E-state index in [0.717, 1.165) is 0 Å². The van der Waals surface area contributed by atoms with E-state index in [1.807, 2.05) is 0 Å². The number of aromatic hydroxyl groups is 1. The predicted molar refractivity (Wildman–Crippen MR) is 49.4 cm³/mol. The Bertz CT molecular complexity index is 436. The van der Waals surface area contributed by atoms with Crippen molar-refractivity contribution in [2.24, 2.45) is 0 Å². The lowest BCUT2D eigenvalue weighted by molar-refractivity contribution is 0.481. The minimum atomic E-state index is 0.127. The molecule has 0 aliphatic carbocycles. The van der Waals surface area contributed by atoms with Gasteiger partial charge >= 0.3 is 0 Å². The zero-order valence-electron chi connectivity index (χ0n) is 6.13. The Morgan fingerprint density at radius 1 is 1.42 bits per heavy atom. The van der Waals surface area contributed by atoms with Crippen LogP contribution in [0.5, 0.6) is 5.75 Å². The zero-order chi connectivity index (χ0) is 8.72. The van der Waals surface area contributed by atoms with Crippen LogP contribution in [-0.4, -0.2) is 10.1 Å². The summed E-state index contributed by atoms with van der Waals surface area (Å²) in [7, 11) is 0. The van der Waals surface area contributed by atoms with E-state index in [0.29, 0.717) is 21.6 Å². The first-order chi connectivity index (χ1) is 5.70. The minimum Gasteiger partial charge on any atom is -0.506 e. The third kappa shape index (κ3) is 0.833. The highest BCUT2D eigenvalue weighted by Gasteiger charge is 2.07. The van der Waals surface area contributed by atoms with Gasteiger partial charge in [-0.05, 0) is 12.1 Å². The number of anilines is 1. The third-order valence-electron chi connectivity index (χ3n) is 1.80. The summed E-state index contributed by atoms with van der Waals surface area (Å²) in [6.45, 7) is 0. The number of H-pyrrole nitrogens is 1. The molecule has 0 saturated carbocycles. The first-order valence-corrected chi connectivity index (χ1v) is 3.82. The molecule has 0 saturated heterocycles. The van der Waals surface area contributed by atoms with Crippen LogP contribution < -0.4 is 5.73 Å². The van der Waals surface area contributed by atoms with Gasteiger partial charge in [-0.15, -0.1) is 0 Å². The fourth-order valence-electron chi connectivity index (χ4n) is 1.21. The van der Waals surface area contributed by atoms with E-state index in [4.69, 9.17) is 17.3 Å². The molecule has 1 aromatic carbocycles. The monoisotopic (exact) mass is 182 g/mol. The smallest absolute Gasteiger partial charge is 0.142 e. The zero-order valence-corrected chi connectivity index (χ0v) is 6.89. The summed E-state index contributed by atoms with van der Waals surface area (Å²) in [5.74, 6) is 0.127. The SMILES string of the molecule is Nc1ccc(Cl)c2c(O)c[nH]c12. The van der Waals surface area contributed by atoms with Crippen molar-refractivity contribution in [1.29, 1.82) is 0 Å². The molecule has 0 aliphatic heterocycles. The molecule has 2 rings (SSSR count). The molecule has 1 heterocycles. The summed E-state index contributed by atoms with van der Waals surface area (Å²) in [6, 6.07) is 3.35. The maximum Gasteiger partial charge on any atom is 0.142 e. The summed E-state index contributed by atoms with van der Waals surface area (Å²) in [5, 5.41) is 10.4. The summed E-state index contributed by atoms with van der Waals surface area (Å²) in [4.78, 5) is 2.84. The van der Waals surface area contributed by atoms with Gasteiger partial charge in [0.25, 0.3) is 0 Å². The quantitative estimate of drug-likeness (QED) is 0.547. The molecule has 0 radical (unpaired) electrons. The molecule has 1 aromatic heterocycles. The molecule has 3 nitrogen and oxygen atoms in total. The lowest BCUT2D eigenvalue weighted by Crippen LogP contribution is -1.85. The topological polar surface area (TPSA) is 62.0 Å². The molecule has 12 heavy (non-hydrogen) atoms. The first-order valence-electron chi connectivity index (χ1n) is 3.44. The number of hydrogen-bond donors (Lipinski definition) is 3. The number of aromatic amines is 1. The number of nitrogens with one attached hydrogen (secondary N) is 1. The molecule has 0 amide bonds. The number of nitrogen functional groups attached to an aromatic ring is 1. The molecule has 4 N–H and O–H groups in total. The second kappa shape index (κ2) is 2.32. The number of fused-ring (bicyclic) bond motifs is 1. The van der Waals surface area contributed by atoms with Crippen LogP contribution in [0.2, 0.25) is 5.02 Å². The fourth-order valence-corrected chi connectivity index (χ4v) is 1.47. The van der Waals surface area contributed by atoms with Crippen LogP contribution in [0.3, 0.4) is 0 Å². The molecule has 2 aromatic rings. The van der Waals surface area contributed by atoms with E-state index >= 15 is 0 Å². The molecule has 4 heteroatoms. The number of nitrogens with two attached hydrogens (primary N) is 1. The lowest BCUT2D eigenvalue weighted by Gasteiger charge is -1.97. The Hall–Kier alpha value is -1.35. The van der Waals surface area contributed by atoms with E-state index in [1.54, 1.807) is 12.1 Å². The van der Waals surface area contributed by atoms with Gasteiger partial charge in [0.15, 0.2) is 0 Å². The van der Waals surface area contributed by atoms with Crippen LogP contribution in [0.25, 0.3) is 10.9 Å². The van der Waals surface area contributed by atoms with E-state index < -0.39 is 0 Å². The number of hydrogen-bond acceptors (Lipinski definition) is 2. The first kappa shape index (κ1) is 7.31. The maximum absolute atomic E-state index is 9.35. The average molecular weight is 183 g/mol. The summed E-state index contributed by atoms with van der Waals surface area (Å²) < 4.78 is 0. The molecular formula is C8H7ClN2O. The Labute approximate surface area is 73.8 Å². The second-order valence-corrected chi connectivity index (χ2v) is 2.97. The van der Waals surface area contributed by atoms with Gasteiger partial charge in [0.2, 0.25) is 0 Å². The molecular weight excluding hydrogens is 176 g/mol. The van der Waals surface area contributed by atoms with E-state index in [9.17, 15) is 5.11 Å². The number of aromatic nitrogens is 1. The number of halogens is 1. The van der Waals surface area contributed by atoms with Crippen LogP contribution >= 0.6 is 11.6 Å². The van der Waals surface area contributed by atoms with Crippen molar-refractivity contribution in [3.05, 3.63) is 23.4 Å². The van der Waals surface area contributed by atoms with E-state index in [-0.39, 0.29) is 5.75 Å². The third-order valence-corrected chi connectivity index (χ3v) is 2.11. The van der Waals surface area contributed by atoms with Crippen molar-refractivity contribution in [1.82, 2.24) is 4.98 Å². The van der Waals surface area contributed by atoms with Gasteiger partial charge in [-0.2, -0.15) is 0 Å². The average Bonchev–Trinajstić information content (AvgIpc) is 2.42. The highest BCUT2D eigenvalue weighted by molar-refractivity contribution is 6.36. The van der Waals surface area contributed by atoms with Gasteiger partial charge in [0, 0.05) is 6.20 Å². The second-order valence-electron chi connectivity index (χ2n) is 2.56. The number of rotatable bonds is 0. The minimum absolute atomic E-state index is 0.127. The van der Waals surface area contributed by atoms with Crippen LogP contribution in [0, 0.1) is 0 Å². The van der Waals surface area contributed by atoms with Gasteiger partial charge in [-0.3, -0.25) is 0 Å². The maximum atomic E-state index is 9.35. The summed E-state index contributed by atoms with van der Waals surface area (Å²) >= 11 is 5.84. The van der Waals surface area contributed by atoms with Crippen molar-refractivity contribution in [3.63, 3.8) is 0 Å². The Morgan fingerprint density at radius 2 is 2.17 bits per heavy atom. The molecule has 0 spiro atoms. The molecule has 0 fully saturated rings. The predicted octanol–water partition coefficient (Wildman–Crippen LogP) is 2.11. The van der Waals surface area contributed by atoms with Gasteiger partial charge < -0.3 is 15.8 Å². The Kier molecular flexibility index (Phi) is 1.41. The van der Waals surface area contributed by atoms with Gasteiger partial charge in [-0.25, -0.2) is 0 Å². The largest absolute Gasteiger partial charge is 0.506 e. The van der Waals surface area contributed by atoms with Crippen molar-refractivity contribution in [2.75, 3.05) is 5.73 Å². The molecule has 62 valence electrons. The van der Waals surface area contributed by atoms with Crippen molar-refractivity contribution >= 4 is 28.2 Å². The van der Waals surface area contributed by atoms with Crippen molar-refractivity contribution < 1.29 is 5.11 Å². The van der Waals surface area contributed by atoms with Gasteiger partial charge in [-0.1, -0.05) is 11.6 Å². The van der Waals surface area contributed by atoms with Crippen molar-refractivity contribution in [2.45, 2.75) is 0 Å². The molecule has 0 bridgehead atoms. The van der Waals surface area contributed by atoms with Crippen LogP contribution in [-0.2, 0) is 0 Å². The molecule has 0 aliphatic rings. The van der Waals surface area contributed by atoms with Crippen LogP contribution in [0.15, 0.2) is 18.3 Å². The molecule has 0 atom stereocenters. The summed E-state index contributed by atoms with van der Waals surface area (Å²) in [5.41, 5.74) is 6.90.